The Bertz CT molecular complexity index is 1420. The number of likely N-dealkylation sites (tertiary alicyclic amines) is 1. The number of halogens is 2. The number of carboxylic acids is 1. The zero-order chi connectivity index (χ0) is 31.1. The third-order valence-electron chi connectivity index (χ3n) is 7.93. The van der Waals surface area contributed by atoms with Crippen molar-refractivity contribution in [3.05, 3.63) is 58.3 Å². The smallest absolute Gasteiger partial charge is 0.304 e. The van der Waals surface area contributed by atoms with Gasteiger partial charge in [0.2, 0.25) is 17.7 Å². The van der Waals surface area contributed by atoms with Gasteiger partial charge in [0.1, 0.15) is 5.82 Å². The number of nitrogens with one attached hydrogen (secondary N) is 1. The number of nitrogens with zero attached hydrogens (tertiary/aromatic N) is 6. The van der Waals surface area contributed by atoms with Crippen LogP contribution in [0.25, 0.3) is 11.3 Å². The third kappa shape index (κ3) is 9.25. The number of piperidine rings is 1. The highest BCUT2D eigenvalue weighted by molar-refractivity contribution is 6.35. The Balaban J connectivity index is 1.27. The van der Waals surface area contributed by atoms with Crippen molar-refractivity contribution < 1.29 is 19.4 Å². The summed E-state index contributed by atoms with van der Waals surface area (Å²) in [5.41, 5.74) is 2.51. The number of aromatic nitrogens is 3. The number of benzene rings is 1. The highest BCUT2D eigenvalue weighted by Crippen LogP contribution is 2.30. The SMILES string of the molecule is CC(=O)NCC1CCN(Cc2cc(Oc3cnc(N4CCN(CCC(=O)O)CC4)cn3)nc(-c3cc(Cl)cc(Cl)c3)c2)CC1. The molecule has 2 aliphatic rings. The number of carbonyl (C=O) groups is 2. The summed E-state index contributed by atoms with van der Waals surface area (Å²) >= 11 is 12.6. The number of rotatable bonds is 11. The van der Waals surface area contributed by atoms with E-state index >= 15 is 0 Å². The van der Waals surface area contributed by atoms with Crippen molar-refractivity contribution in [2.24, 2.45) is 5.92 Å². The van der Waals surface area contributed by atoms with Crippen LogP contribution in [0, 0.1) is 5.92 Å². The van der Waals surface area contributed by atoms with Gasteiger partial charge in [-0.05, 0) is 61.7 Å². The Morgan fingerprint density at radius 2 is 1.66 bits per heavy atom. The van der Waals surface area contributed by atoms with E-state index in [1.165, 1.54) is 0 Å². The maximum absolute atomic E-state index is 11.3. The van der Waals surface area contributed by atoms with Gasteiger partial charge in [-0.1, -0.05) is 23.2 Å². The molecule has 2 aromatic heterocycles. The number of ether oxygens (including phenoxy) is 1. The Hall–Kier alpha value is -3.51. The lowest BCUT2D eigenvalue weighted by Gasteiger charge is -2.34. The molecule has 44 heavy (non-hydrogen) atoms. The summed E-state index contributed by atoms with van der Waals surface area (Å²) in [7, 11) is 0. The average Bonchev–Trinajstić information content (AvgIpc) is 3.00. The summed E-state index contributed by atoms with van der Waals surface area (Å²) in [6.07, 6.45) is 5.46. The molecule has 4 heterocycles. The minimum absolute atomic E-state index is 0.0116. The van der Waals surface area contributed by atoms with Gasteiger partial charge in [-0.25, -0.2) is 15.0 Å². The number of hydrogen-bond acceptors (Lipinski definition) is 9. The van der Waals surface area contributed by atoms with Crippen LogP contribution < -0.4 is 15.0 Å². The molecule has 0 spiro atoms. The molecule has 2 saturated heterocycles. The molecule has 3 aromatic rings. The molecule has 5 rings (SSSR count). The summed E-state index contributed by atoms with van der Waals surface area (Å²) < 4.78 is 6.12. The van der Waals surface area contributed by atoms with Gasteiger partial charge < -0.3 is 20.1 Å². The van der Waals surface area contributed by atoms with Crippen LogP contribution >= 0.6 is 23.2 Å². The molecule has 1 amide bonds. The van der Waals surface area contributed by atoms with Crippen LogP contribution in [-0.2, 0) is 16.1 Å². The van der Waals surface area contributed by atoms with Gasteiger partial charge in [0.05, 0.1) is 24.5 Å². The van der Waals surface area contributed by atoms with Crippen molar-refractivity contribution >= 4 is 40.9 Å². The van der Waals surface area contributed by atoms with E-state index in [-0.39, 0.29) is 12.3 Å². The molecule has 2 fully saturated rings. The lowest BCUT2D eigenvalue weighted by Crippen LogP contribution is -2.47. The number of piperazine rings is 1. The molecule has 13 heteroatoms. The van der Waals surface area contributed by atoms with Gasteiger partial charge in [0.25, 0.3) is 0 Å². The van der Waals surface area contributed by atoms with Crippen molar-refractivity contribution in [3.63, 3.8) is 0 Å². The van der Waals surface area contributed by atoms with Crippen LogP contribution in [0.2, 0.25) is 10.0 Å². The quantitative estimate of drug-likeness (QED) is 0.307. The predicted molar refractivity (Wildman–Crippen MR) is 169 cm³/mol. The van der Waals surface area contributed by atoms with Crippen LogP contribution in [-0.4, -0.2) is 94.1 Å². The van der Waals surface area contributed by atoms with Crippen LogP contribution in [0.3, 0.4) is 0 Å². The minimum Gasteiger partial charge on any atom is -0.481 e. The number of carbonyl (C=O) groups excluding carboxylic acids is 1. The molecule has 0 atom stereocenters. The largest absolute Gasteiger partial charge is 0.481 e. The third-order valence-corrected chi connectivity index (χ3v) is 8.37. The molecule has 0 bridgehead atoms. The summed E-state index contributed by atoms with van der Waals surface area (Å²) in [6.45, 7) is 8.44. The zero-order valence-corrected chi connectivity index (χ0v) is 26.2. The second-order valence-corrected chi connectivity index (χ2v) is 12.2. The molecular weight excluding hydrogens is 605 g/mol. The van der Waals surface area contributed by atoms with Gasteiger partial charge in [-0.2, -0.15) is 0 Å². The summed E-state index contributed by atoms with van der Waals surface area (Å²) in [4.78, 5) is 42.7. The van der Waals surface area contributed by atoms with Crippen LogP contribution in [0.15, 0.2) is 42.7 Å². The first-order chi connectivity index (χ1) is 21.2. The van der Waals surface area contributed by atoms with E-state index in [0.29, 0.717) is 40.0 Å². The van der Waals surface area contributed by atoms with E-state index in [1.54, 1.807) is 25.4 Å². The second kappa shape index (κ2) is 15.0. The fourth-order valence-corrected chi connectivity index (χ4v) is 6.06. The molecule has 2 aliphatic heterocycles. The highest BCUT2D eigenvalue weighted by atomic mass is 35.5. The van der Waals surface area contributed by atoms with Crippen molar-refractivity contribution in [1.29, 1.82) is 0 Å². The molecule has 234 valence electrons. The molecule has 0 saturated carbocycles. The maximum atomic E-state index is 11.3. The summed E-state index contributed by atoms with van der Waals surface area (Å²) in [6, 6.07) is 9.29. The Kier molecular flexibility index (Phi) is 10.9. The molecule has 11 nitrogen and oxygen atoms in total. The fraction of sp³-hybridized carbons (Fsp3) is 0.452. The minimum atomic E-state index is -0.780. The van der Waals surface area contributed by atoms with Crippen molar-refractivity contribution in [2.45, 2.75) is 32.7 Å². The van der Waals surface area contributed by atoms with Crippen LogP contribution in [0.5, 0.6) is 11.8 Å². The monoisotopic (exact) mass is 641 g/mol. The molecule has 2 N–H and O–H groups in total. The topological polar surface area (TPSA) is 124 Å². The molecular formula is C31H37Cl2N7O4. The lowest BCUT2D eigenvalue weighted by molar-refractivity contribution is -0.137. The predicted octanol–water partition coefficient (Wildman–Crippen LogP) is 4.58. The van der Waals surface area contributed by atoms with Gasteiger partial charge in [0, 0.05) is 74.4 Å². The number of anilines is 1. The van der Waals surface area contributed by atoms with E-state index in [4.69, 9.17) is 38.0 Å². The van der Waals surface area contributed by atoms with Gasteiger partial charge in [-0.15, -0.1) is 0 Å². The number of amides is 1. The molecule has 0 aliphatic carbocycles. The van der Waals surface area contributed by atoms with Gasteiger partial charge in [-0.3, -0.25) is 19.4 Å². The molecule has 0 unspecified atom stereocenters. The molecule has 0 radical (unpaired) electrons. The van der Waals surface area contributed by atoms with Crippen LogP contribution in [0.1, 0.15) is 31.7 Å². The van der Waals surface area contributed by atoms with E-state index in [1.807, 2.05) is 24.3 Å². The number of pyridine rings is 1. The highest BCUT2D eigenvalue weighted by Gasteiger charge is 2.21. The first kappa shape index (κ1) is 31.9. The van der Waals surface area contributed by atoms with Crippen molar-refractivity contribution in [1.82, 2.24) is 30.1 Å². The second-order valence-electron chi connectivity index (χ2n) is 11.3. The fourth-order valence-electron chi connectivity index (χ4n) is 5.53. The van der Waals surface area contributed by atoms with E-state index in [9.17, 15) is 9.59 Å². The Morgan fingerprint density at radius 1 is 0.932 bits per heavy atom. The van der Waals surface area contributed by atoms with Crippen molar-refractivity contribution in [2.75, 3.05) is 57.3 Å². The summed E-state index contributed by atoms with van der Waals surface area (Å²) in [5.74, 6) is 1.18. The lowest BCUT2D eigenvalue weighted by atomic mass is 9.96. The van der Waals surface area contributed by atoms with E-state index in [0.717, 1.165) is 82.1 Å². The first-order valence-corrected chi connectivity index (χ1v) is 15.6. The number of carboxylic acid groups (broad SMARTS) is 1. The van der Waals surface area contributed by atoms with Gasteiger partial charge in [0.15, 0.2) is 0 Å². The van der Waals surface area contributed by atoms with Crippen molar-refractivity contribution in [3.8, 4) is 23.0 Å². The number of aliphatic carboxylic acids is 1. The van der Waals surface area contributed by atoms with Crippen LogP contribution in [0.4, 0.5) is 5.82 Å². The maximum Gasteiger partial charge on any atom is 0.304 e. The number of hydrogen-bond donors (Lipinski definition) is 2. The van der Waals surface area contributed by atoms with E-state index in [2.05, 4.69) is 30.0 Å². The Labute approximate surface area is 267 Å². The Morgan fingerprint density at radius 3 is 2.30 bits per heavy atom. The summed E-state index contributed by atoms with van der Waals surface area (Å²) in [5, 5.41) is 12.9. The molecule has 1 aromatic carbocycles. The van der Waals surface area contributed by atoms with E-state index < -0.39 is 5.97 Å². The normalized spacial score (nSPS) is 16.6. The standard InChI is InChI=1S/C31H37Cl2N7O4/c1-21(41)34-17-22-2-5-39(6-3-22)20-23-12-27(24-14-25(32)16-26(33)15-24)37-29(13-23)44-30-19-35-28(18-36-30)40-10-8-38(9-11-40)7-4-31(42)43/h12-16,18-19,22H,2-11,17,20H2,1H3,(H,34,41)(H,42,43). The van der Waals surface area contributed by atoms with Gasteiger partial charge >= 0.3 is 5.97 Å². The zero-order valence-electron chi connectivity index (χ0n) is 24.7. The first-order valence-electron chi connectivity index (χ1n) is 14.8. The average molecular weight is 643 g/mol.